The fraction of sp³-hybridized carbons (Fsp3) is 0.472. The first-order chi connectivity index (χ1) is 22.3. The number of likely N-dealkylation sites (N-methyl/N-ethyl adjacent to an activating group) is 1. The standard InChI is InChI=1S/C36H42F5N3O4/c1-18(2)10-28(44-17-25(23-8-9-43(7)16-23)26(14-29(44)45)36(39,40)41)35(48)42-27(15-30(46)47)32-33(37)22(6)13-24(34(32)38)31-20(4)11-19(3)12-21(31)5/h11-14,17-18,23,27-28H,8-10,15-16H2,1-7H3,(H,42,48)(H,46,47)/t23?,27-,28-/m0/s1. The molecule has 1 unspecified atom stereocenters. The van der Waals surface area contributed by atoms with E-state index in [1.165, 1.54) is 13.0 Å². The molecule has 2 N–H and O–H groups in total. The number of rotatable bonds is 10. The molecule has 48 heavy (non-hydrogen) atoms. The molecule has 7 nitrogen and oxygen atoms in total. The van der Waals surface area contributed by atoms with Gasteiger partial charge in [0.2, 0.25) is 5.91 Å². The van der Waals surface area contributed by atoms with Gasteiger partial charge in [-0.25, -0.2) is 8.78 Å². The zero-order chi connectivity index (χ0) is 35.8. The van der Waals surface area contributed by atoms with Crippen molar-refractivity contribution in [2.24, 2.45) is 5.92 Å². The van der Waals surface area contributed by atoms with E-state index in [0.29, 0.717) is 42.3 Å². The summed E-state index contributed by atoms with van der Waals surface area (Å²) >= 11 is 0. The van der Waals surface area contributed by atoms with Crippen LogP contribution in [0.2, 0.25) is 0 Å². The van der Waals surface area contributed by atoms with Crippen LogP contribution in [0.25, 0.3) is 11.1 Å². The first kappa shape index (κ1) is 36.8. The molecule has 0 aliphatic carbocycles. The molecule has 1 aliphatic heterocycles. The van der Waals surface area contributed by atoms with Crippen molar-refractivity contribution in [1.82, 2.24) is 14.8 Å². The van der Waals surface area contributed by atoms with E-state index in [4.69, 9.17) is 0 Å². The van der Waals surface area contributed by atoms with Gasteiger partial charge in [0.25, 0.3) is 5.56 Å². The van der Waals surface area contributed by atoms with Crippen molar-refractivity contribution >= 4 is 11.9 Å². The highest BCUT2D eigenvalue weighted by atomic mass is 19.4. The number of nitrogens with one attached hydrogen (secondary N) is 1. The highest BCUT2D eigenvalue weighted by Gasteiger charge is 2.39. The van der Waals surface area contributed by atoms with Crippen LogP contribution in [-0.2, 0) is 15.8 Å². The Hall–Kier alpha value is -4.06. The van der Waals surface area contributed by atoms with Crippen molar-refractivity contribution in [3.8, 4) is 11.1 Å². The second-order valence-electron chi connectivity index (χ2n) is 13.5. The van der Waals surface area contributed by atoms with E-state index in [2.05, 4.69) is 5.32 Å². The van der Waals surface area contributed by atoms with Gasteiger partial charge in [0.15, 0.2) is 0 Å². The Morgan fingerprint density at radius 1 is 1.00 bits per heavy atom. The predicted octanol–water partition coefficient (Wildman–Crippen LogP) is 7.38. The van der Waals surface area contributed by atoms with Crippen molar-refractivity contribution in [2.45, 2.75) is 85.0 Å². The third kappa shape index (κ3) is 7.80. The Bertz CT molecular complexity index is 1760. The maximum absolute atomic E-state index is 16.5. The molecule has 0 spiro atoms. The molecule has 4 rings (SSSR count). The van der Waals surface area contributed by atoms with Gasteiger partial charge in [-0.05, 0) is 99.8 Å². The van der Waals surface area contributed by atoms with Crippen LogP contribution in [0.4, 0.5) is 22.0 Å². The molecular weight excluding hydrogens is 633 g/mol. The molecule has 1 aromatic heterocycles. The number of hydrogen-bond acceptors (Lipinski definition) is 4. The number of amides is 1. The zero-order valence-electron chi connectivity index (χ0n) is 28.2. The van der Waals surface area contributed by atoms with Crippen molar-refractivity contribution < 1.29 is 36.6 Å². The van der Waals surface area contributed by atoms with Crippen LogP contribution in [0.15, 0.2) is 35.3 Å². The van der Waals surface area contributed by atoms with Gasteiger partial charge in [-0.15, -0.1) is 0 Å². The number of pyridine rings is 1. The minimum absolute atomic E-state index is 0.0211. The zero-order valence-corrected chi connectivity index (χ0v) is 28.2. The number of benzene rings is 2. The molecule has 1 amide bonds. The summed E-state index contributed by atoms with van der Waals surface area (Å²) in [6, 6.07) is 2.40. The van der Waals surface area contributed by atoms with Crippen LogP contribution >= 0.6 is 0 Å². The number of carboxylic acids is 1. The predicted molar refractivity (Wildman–Crippen MR) is 173 cm³/mol. The van der Waals surface area contributed by atoms with Crippen LogP contribution in [-0.4, -0.2) is 46.6 Å². The lowest BCUT2D eigenvalue weighted by molar-refractivity contribution is -0.139. The summed E-state index contributed by atoms with van der Waals surface area (Å²) in [6.07, 6.45) is -4.25. The monoisotopic (exact) mass is 675 g/mol. The Morgan fingerprint density at radius 3 is 2.15 bits per heavy atom. The number of aromatic nitrogens is 1. The maximum Gasteiger partial charge on any atom is 0.416 e. The van der Waals surface area contributed by atoms with Crippen LogP contribution < -0.4 is 10.9 Å². The first-order valence-corrected chi connectivity index (χ1v) is 15.9. The molecule has 0 bridgehead atoms. The Balaban J connectivity index is 1.85. The van der Waals surface area contributed by atoms with Gasteiger partial charge >= 0.3 is 12.1 Å². The topological polar surface area (TPSA) is 91.6 Å². The van der Waals surface area contributed by atoms with Gasteiger partial charge in [0.1, 0.15) is 17.7 Å². The largest absolute Gasteiger partial charge is 0.481 e. The number of carbonyl (C=O) groups is 2. The number of nitrogens with zero attached hydrogens (tertiary/aromatic N) is 2. The summed E-state index contributed by atoms with van der Waals surface area (Å²) in [7, 11) is 1.78. The SMILES string of the molecule is Cc1cc(C)c(-c2cc(C)c(F)c([C@H](CC(=O)O)NC(=O)[C@H](CC(C)C)n3cc(C4CCN(C)C4)c(C(F)(F)F)cc3=O)c2F)c(C)c1. The number of alkyl halides is 3. The van der Waals surface area contributed by atoms with Gasteiger partial charge < -0.3 is 19.9 Å². The van der Waals surface area contributed by atoms with Gasteiger partial charge in [-0.2, -0.15) is 13.2 Å². The van der Waals surface area contributed by atoms with Crippen LogP contribution in [0.1, 0.15) is 90.1 Å². The molecular formula is C36H42F5N3O4. The lowest BCUT2D eigenvalue weighted by atomic mass is 9.88. The minimum atomic E-state index is -4.82. The second-order valence-corrected chi connectivity index (χ2v) is 13.5. The smallest absolute Gasteiger partial charge is 0.416 e. The van der Waals surface area contributed by atoms with E-state index < -0.39 is 70.8 Å². The first-order valence-electron chi connectivity index (χ1n) is 15.9. The van der Waals surface area contributed by atoms with E-state index in [0.717, 1.165) is 16.3 Å². The van der Waals surface area contributed by atoms with E-state index in [-0.39, 0.29) is 29.0 Å². The molecule has 3 atom stereocenters. The number of carbonyl (C=O) groups excluding carboxylic acids is 1. The fourth-order valence-electron chi connectivity index (χ4n) is 6.92. The summed E-state index contributed by atoms with van der Waals surface area (Å²) < 4.78 is 75.6. The number of likely N-dealkylation sites (tertiary alicyclic amines) is 1. The normalized spacial score (nSPS) is 16.7. The quantitative estimate of drug-likeness (QED) is 0.219. The minimum Gasteiger partial charge on any atom is -0.481 e. The molecule has 1 fully saturated rings. The van der Waals surface area contributed by atoms with Gasteiger partial charge in [0, 0.05) is 29.9 Å². The van der Waals surface area contributed by atoms with Crippen LogP contribution in [0.3, 0.4) is 0 Å². The van der Waals surface area contributed by atoms with E-state index in [1.54, 1.807) is 34.7 Å². The Labute approximate surface area is 276 Å². The van der Waals surface area contributed by atoms with Crippen molar-refractivity contribution in [2.75, 3.05) is 20.1 Å². The van der Waals surface area contributed by atoms with E-state index >= 15 is 8.78 Å². The van der Waals surface area contributed by atoms with Gasteiger partial charge in [-0.1, -0.05) is 31.5 Å². The summed E-state index contributed by atoms with van der Waals surface area (Å²) in [6.45, 7) is 11.2. The lowest BCUT2D eigenvalue weighted by Crippen LogP contribution is -2.41. The molecule has 3 aromatic rings. The second kappa shape index (κ2) is 14.2. The number of halogens is 5. The molecule has 0 radical (unpaired) electrons. The van der Waals surface area contributed by atoms with Crippen LogP contribution in [0.5, 0.6) is 0 Å². The molecule has 0 saturated carbocycles. The summed E-state index contributed by atoms with van der Waals surface area (Å²) in [5.74, 6) is -5.28. The number of aliphatic carboxylic acids is 1. The third-order valence-electron chi connectivity index (χ3n) is 8.99. The molecule has 2 heterocycles. The van der Waals surface area contributed by atoms with Crippen molar-refractivity contribution in [3.05, 3.63) is 91.4 Å². The van der Waals surface area contributed by atoms with Gasteiger partial charge in [-0.3, -0.25) is 14.4 Å². The maximum atomic E-state index is 16.5. The fourth-order valence-corrected chi connectivity index (χ4v) is 6.92. The van der Waals surface area contributed by atoms with Gasteiger partial charge in [0.05, 0.1) is 18.0 Å². The summed E-state index contributed by atoms with van der Waals surface area (Å²) in [5, 5.41) is 12.3. The average Bonchev–Trinajstić information content (AvgIpc) is 3.39. The highest BCUT2D eigenvalue weighted by molar-refractivity contribution is 5.82. The van der Waals surface area contributed by atoms with Crippen molar-refractivity contribution in [3.63, 3.8) is 0 Å². The number of aryl methyl sites for hydroxylation is 4. The average molecular weight is 676 g/mol. The number of carboxylic acid groups (broad SMARTS) is 1. The highest BCUT2D eigenvalue weighted by Crippen LogP contribution is 2.39. The molecule has 2 aromatic carbocycles. The molecule has 260 valence electrons. The number of hydrogen-bond donors (Lipinski definition) is 2. The molecule has 1 aliphatic rings. The molecule has 1 saturated heterocycles. The molecule has 12 heteroatoms. The van der Waals surface area contributed by atoms with Crippen LogP contribution in [0, 0.1) is 45.2 Å². The Morgan fingerprint density at radius 2 is 1.62 bits per heavy atom. The third-order valence-corrected chi connectivity index (χ3v) is 8.99. The summed E-state index contributed by atoms with van der Waals surface area (Å²) in [4.78, 5) is 41.2. The van der Waals surface area contributed by atoms with Crippen molar-refractivity contribution in [1.29, 1.82) is 0 Å². The Kier molecular flexibility index (Phi) is 10.9. The summed E-state index contributed by atoms with van der Waals surface area (Å²) in [5.41, 5.74) is -0.0127. The van der Waals surface area contributed by atoms with E-state index in [1.807, 2.05) is 24.0 Å². The van der Waals surface area contributed by atoms with E-state index in [9.17, 15) is 32.7 Å². The lowest BCUT2D eigenvalue weighted by Gasteiger charge is -2.28.